The fourth-order valence-electron chi connectivity index (χ4n) is 15.2. The zero-order valence-electron chi connectivity index (χ0n) is 46.8. The summed E-state index contributed by atoms with van der Waals surface area (Å²) in [6.07, 6.45) is 4.60. The Morgan fingerprint density at radius 2 is 0.950 bits per heavy atom. The van der Waals surface area contributed by atoms with Crippen LogP contribution in [0, 0.1) is 0 Å². The van der Waals surface area contributed by atoms with Crippen molar-refractivity contribution in [3.63, 3.8) is 0 Å². The van der Waals surface area contributed by atoms with Gasteiger partial charge in [-0.3, -0.25) is 0 Å². The van der Waals surface area contributed by atoms with Crippen LogP contribution in [0.4, 0.5) is 28.4 Å². The van der Waals surface area contributed by atoms with E-state index in [9.17, 15) is 0 Å². The zero-order valence-corrected chi connectivity index (χ0v) is 47.6. The van der Waals surface area contributed by atoms with E-state index in [1.54, 1.807) is 0 Å². The Morgan fingerprint density at radius 3 is 1.62 bits per heavy atom. The number of hydrogen-bond donors (Lipinski definition) is 0. The van der Waals surface area contributed by atoms with E-state index in [4.69, 9.17) is 8.83 Å². The molecule has 0 saturated heterocycles. The summed E-state index contributed by atoms with van der Waals surface area (Å²) in [6.45, 7) is 19.1. The molecule has 0 N–H and O–H groups in total. The van der Waals surface area contributed by atoms with E-state index >= 15 is 0 Å². The Labute approximate surface area is 471 Å². The topological polar surface area (TPSA) is 32.8 Å². The molecule has 0 spiro atoms. The molecule has 0 radical (unpaired) electrons. The molecular weight excluding hydrogens is 992 g/mol. The Bertz CT molecular complexity index is 4860. The summed E-state index contributed by atoms with van der Waals surface area (Å²) in [5.74, 6) is 0. The number of thiophene rings is 1. The van der Waals surface area contributed by atoms with Crippen molar-refractivity contribution in [2.75, 3.05) is 9.71 Å². The number of hydrogen-bond acceptors (Lipinski definition) is 5. The summed E-state index contributed by atoms with van der Waals surface area (Å²) in [6, 6.07) is 67.2. The molecule has 4 nitrogen and oxygen atoms in total. The fraction of sp³-hybridized carbons (Fsp3) is 0.216. The molecule has 2 aliphatic heterocycles. The average molecular weight is 1050 g/mol. The lowest BCUT2D eigenvalue weighted by molar-refractivity contribution is 0.332. The van der Waals surface area contributed by atoms with Gasteiger partial charge in [-0.1, -0.05) is 146 Å². The minimum absolute atomic E-state index is 0.0384. The normalized spacial score (nSPS) is 17.4. The number of furan rings is 2. The van der Waals surface area contributed by atoms with Crippen molar-refractivity contribution in [2.45, 2.75) is 103 Å². The first-order chi connectivity index (χ1) is 38.6. The van der Waals surface area contributed by atoms with E-state index in [0.29, 0.717) is 0 Å². The van der Waals surface area contributed by atoms with Crippen molar-refractivity contribution in [3.05, 3.63) is 198 Å². The van der Waals surface area contributed by atoms with Crippen LogP contribution in [-0.2, 0) is 21.7 Å². The van der Waals surface area contributed by atoms with Crippen LogP contribution >= 0.6 is 11.3 Å². The zero-order chi connectivity index (χ0) is 53.9. The molecule has 5 heterocycles. The van der Waals surface area contributed by atoms with Gasteiger partial charge in [0.1, 0.15) is 22.3 Å². The van der Waals surface area contributed by atoms with E-state index in [0.717, 1.165) is 75.8 Å². The Hall–Kier alpha value is -8.06. The second kappa shape index (κ2) is 15.9. The van der Waals surface area contributed by atoms with Crippen LogP contribution in [0.2, 0.25) is 0 Å². The van der Waals surface area contributed by atoms with Gasteiger partial charge in [0.2, 0.25) is 0 Å². The monoisotopic (exact) mass is 1050 g/mol. The van der Waals surface area contributed by atoms with Gasteiger partial charge in [0, 0.05) is 77.5 Å². The predicted octanol–water partition coefficient (Wildman–Crippen LogP) is 20.1. The largest absolute Gasteiger partial charge is 0.456 e. The number of rotatable bonds is 3. The van der Waals surface area contributed by atoms with E-state index < -0.39 is 0 Å². The Morgan fingerprint density at radius 1 is 0.412 bits per heavy atom. The van der Waals surface area contributed by atoms with Gasteiger partial charge in [-0.15, -0.1) is 11.3 Å². The molecule has 4 aliphatic rings. The predicted molar refractivity (Wildman–Crippen MR) is 341 cm³/mol. The van der Waals surface area contributed by atoms with Gasteiger partial charge in [0.25, 0.3) is 0 Å². The third-order valence-electron chi connectivity index (χ3n) is 19.9. The summed E-state index contributed by atoms with van der Waals surface area (Å²) in [4.78, 5) is 5.27. The number of nitrogens with zero attached hydrogens (tertiary/aromatic N) is 2. The number of benzene rings is 10. The van der Waals surface area contributed by atoms with Crippen molar-refractivity contribution in [1.29, 1.82) is 0 Å². The quantitative estimate of drug-likeness (QED) is 0.165. The molecule has 3 aromatic heterocycles. The molecule has 80 heavy (non-hydrogen) atoms. The fourth-order valence-corrected chi connectivity index (χ4v) is 16.4. The first-order valence-electron chi connectivity index (χ1n) is 28.9. The minimum atomic E-state index is -0.215. The van der Waals surface area contributed by atoms with E-state index in [1.165, 1.54) is 109 Å². The molecule has 0 amide bonds. The van der Waals surface area contributed by atoms with Crippen molar-refractivity contribution < 1.29 is 8.83 Å². The van der Waals surface area contributed by atoms with E-state index in [1.807, 2.05) is 11.3 Å². The van der Waals surface area contributed by atoms with Gasteiger partial charge < -0.3 is 18.5 Å². The van der Waals surface area contributed by atoms with Crippen LogP contribution in [0.5, 0.6) is 0 Å². The van der Waals surface area contributed by atoms with Gasteiger partial charge in [-0.2, -0.15) is 0 Å². The van der Waals surface area contributed by atoms with Crippen LogP contribution in [0.3, 0.4) is 0 Å². The van der Waals surface area contributed by atoms with Crippen molar-refractivity contribution in [2.24, 2.45) is 0 Å². The first kappa shape index (κ1) is 46.8. The van der Waals surface area contributed by atoms with Gasteiger partial charge in [-0.25, -0.2) is 0 Å². The van der Waals surface area contributed by atoms with Crippen LogP contribution in [0.1, 0.15) is 103 Å². The van der Waals surface area contributed by atoms with Crippen molar-refractivity contribution >= 4 is 132 Å². The highest BCUT2D eigenvalue weighted by molar-refractivity contribution is 7.26. The highest BCUT2D eigenvalue weighted by atomic mass is 32.1. The minimum Gasteiger partial charge on any atom is -0.456 e. The third-order valence-corrected chi connectivity index (χ3v) is 21.1. The van der Waals surface area contributed by atoms with Gasteiger partial charge >= 0.3 is 6.85 Å². The standard InChI is InChI=1S/C74H61BN2O2S/c1-71(2)28-30-73(5,6)58-39-64-51(36-56(58)71)48-27-26-47(34-63(48)78-64)76-62-41-66-53(52-37-57-59(40-65(52)79-66)74(7,8)31-29-72(57,3)4)38-60(62)75-68-54(35-55-49-20-14-15-21-67(49)80-70(55)69(68)76)50-32-44-18-12-13-19-45(44)33-61(50)77(75)46-24-22-43(23-25-46)42-16-10-9-11-17-42/h9-27,32-41H,28-31H2,1-8H3. The third kappa shape index (κ3) is 6.46. The summed E-state index contributed by atoms with van der Waals surface area (Å²) in [7, 11) is 0. The molecule has 13 aromatic rings. The van der Waals surface area contributed by atoms with Gasteiger partial charge in [-0.05, 0) is 181 Å². The van der Waals surface area contributed by atoms with Crippen molar-refractivity contribution in [3.8, 4) is 22.3 Å². The molecular formula is C74H61BN2O2S. The maximum atomic E-state index is 7.27. The summed E-state index contributed by atoms with van der Waals surface area (Å²) < 4.78 is 17.0. The number of anilines is 5. The molecule has 6 heteroatoms. The highest BCUT2D eigenvalue weighted by Gasteiger charge is 2.48. The van der Waals surface area contributed by atoms with Crippen LogP contribution in [0.15, 0.2) is 185 Å². The summed E-state index contributed by atoms with van der Waals surface area (Å²) in [5.41, 5.74) is 22.8. The molecule has 0 saturated carbocycles. The molecule has 0 unspecified atom stereocenters. The van der Waals surface area contributed by atoms with E-state index in [-0.39, 0.29) is 28.5 Å². The lowest BCUT2D eigenvalue weighted by atomic mass is 9.43. The molecule has 388 valence electrons. The summed E-state index contributed by atoms with van der Waals surface area (Å²) >= 11 is 1.91. The first-order valence-corrected chi connectivity index (χ1v) is 29.7. The maximum Gasteiger partial charge on any atom is 0.333 e. The van der Waals surface area contributed by atoms with Crippen LogP contribution < -0.4 is 20.6 Å². The molecule has 10 aromatic carbocycles. The van der Waals surface area contributed by atoms with Crippen molar-refractivity contribution in [1.82, 2.24) is 0 Å². The van der Waals surface area contributed by atoms with Gasteiger partial charge in [0.15, 0.2) is 0 Å². The van der Waals surface area contributed by atoms with E-state index in [2.05, 4.69) is 241 Å². The second-order valence-electron chi connectivity index (χ2n) is 26.5. The Kier molecular flexibility index (Phi) is 9.28. The lowest BCUT2D eigenvalue weighted by Gasteiger charge is -2.46. The van der Waals surface area contributed by atoms with Gasteiger partial charge in [0.05, 0.1) is 10.4 Å². The van der Waals surface area contributed by atoms with Crippen LogP contribution in [0.25, 0.3) is 97.1 Å². The Balaban J connectivity index is 0.999. The number of fused-ring (bicyclic) bond motifs is 17. The summed E-state index contributed by atoms with van der Waals surface area (Å²) in [5, 5.41) is 9.67. The molecule has 0 bridgehead atoms. The smallest absolute Gasteiger partial charge is 0.333 e. The van der Waals surface area contributed by atoms with Crippen LogP contribution in [-0.4, -0.2) is 6.85 Å². The second-order valence-corrected chi connectivity index (χ2v) is 27.6. The maximum absolute atomic E-state index is 7.27. The molecule has 17 rings (SSSR count). The molecule has 2 aliphatic carbocycles. The average Bonchev–Trinajstić information content (AvgIpc) is 4.01. The highest BCUT2D eigenvalue weighted by Crippen LogP contribution is 2.56. The SMILES string of the molecule is CC1(C)CCC(C)(C)c2cc3c(cc21)oc1cc(N2c4cc5oc6cc7c(cc6c5cc4B4c5c(cc6c(sc8ccccc86)c52)-c2cc5ccccc5cc2N4c2ccc(-c4ccccc4)cc2)C(C)(C)CCC7(C)C)ccc13. The molecule has 0 atom stereocenters. The lowest BCUT2D eigenvalue weighted by Crippen LogP contribution is -2.61. The molecule has 0 fully saturated rings.